The van der Waals surface area contributed by atoms with Gasteiger partial charge in [0, 0.05) is 22.1 Å². The summed E-state index contributed by atoms with van der Waals surface area (Å²) < 4.78 is 1.62. The summed E-state index contributed by atoms with van der Waals surface area (Å²) in [6, 6.07) is 26.2. The molecule has 3 N–H and O–H groups in total. The monoisotopic (exact) mass is 573 g/mol. The summed E-state index contributed by atoms with van der Waals surface area (Å²) in [7, 11) is 0. The van der Waals surface area contributed by atoms with Gasteiger partial charge in [-0.15, -0.1) is 0 Å². The molecule has 0 radical (unpaired) electrons. The second-order valence-corrected chi connectivity index (χ2v) is 10.3. The number of unbranched alkanes of at least 4 members (excludes halogenated alkanes) is 1. The zero-order valence-corrected chi connectivity index (χ0v) is 26.5. The largest absolute Gasteiger partial charge is 0.349 e. The average Bonchev–Trinajstić information content (AvgIpc) is 3.73. The van der Waals surface area contributed by atoms with E-state index in [-0.39, 0.29) is 32.9 Å². The van der Waals surface area contributed by atoms with Gasteiger partial charge in [-0.1, -0.05) is 120 Å². The van der Waals surface area contributed by atoms with E-state index in [0.717, 1.165) is 36.0 Å². The lowest BCUT2D eigenvalue weighted by atomic mass is 9.97. The van der Waals surface area contributed by atoms with Gasteiger partial charge in [0.05, 0.1) is 6.54 Å². The van der Waals surface area contributed by atoms with Crippen LogP contribution in [0.1, 0.15) is 87.9 Å². The molecule has 4 aromatic rings. The maximum atomic E-state index is 13.1. The van der Waals surface area contributed by atoms with Gasteiger partial charge in [0.25, 0.3) is 11.5 Å². The second kappa shape index (κ2) is 17.1. The number of hydrogen-bond acceptors (Lipinski definition) is 3. The molecule has 5 rings (SSSR count). The van der Waals surface area contributed by atoms with Gasteiger partial charge >= 0.3 is 0 Å². The van der Waals surface area contributed by atoms with Crippen molar-refractivity contribution in [2.75, 3.05) is 0 Å². The quantitative estimate of drug-likeness (QED) is 0.206. The van der Waals surface area contributed by atoms with E-state index < -0.39 is 0 Å². The summed E-state index contributed by atoms with van der Waals surface area (Å²) in [5.74, 6) is -0.305. The molecule has 0 aliphatic heterocycles. The molecule has 1 aromatic heterocycles. The Morgan fingerprint density at radius 1 is 0.929 bits per heavy atom. The standard InChI is InChI=1S/C29H30N2O2.C4H7N.2C2H6.3H2/c1-3-4-10-21(2)30-28(32)27-15-9-18-31(29(27)33)20-25-13-7-8-14-26(25)24-17-16-22-11-5-6-12-23(22)19-24;1-4(5)2-3-4;2*1-2;;;/h5-9,11-19,21H,3-4,10,20H2,1-2H3,(H,30,32);2-3H,5H2,1H3;2*1-2H3;3*1H/t21-;;;;;;/m1....../s1. The minimum absolute atomic E-state index is 0. The second-order valence-electron chi connectivity index (χ2n) is 10.3. The number of carbonyl (C=O) groups is 1. The smallest absolute Gasteiger partial charge is 0.263 e. The van der Waals surface area contributed by atoms with Crippen LogP contribution in [0.25, 0.3) is 21.9 Å². The number of amides is 1. The fourth-order valence-corrected chi connectivity index (χ4v) is 4.33. The molecule has 230 valence electrons. The zero-order valence-electron chi connectivity index (χ0n) is 26.5. The molecule has 1 atom stereocenters. The molecule has 42 heavy (non-hydrogen) atoms. The molecular formula is C37H55N3O2. The molecule has 5 heteroatoms. The van der Waals surface area contributed by atoms with Gasteiger partial charge in [0.15, 0.2) is 0 Å². The number of nitrogens with one attached hydrogen (secondary N) is 1. The Labute approximate surface area is 256 Å². The summed E-state index contributed by atoms with van der Waals surface area (Å²) in [6.07, 6.45) is 8.71. The van der Waals surface area contributed by atoms with Crippen molar-refractivity contribution in [1.82, 2.24) is 9.88 Å². The van der Waals surface area contributed by atoms with Crippen LogP contribution >= 0.6 is 0 Å². The summed E-state index contributed by atoms with van der Waals surface area (Å²) >= 11 is 0. The number of fused-ring (bicyclic) bond motifs is 1. The van der Waals surface area contributed by atoms with Crippen LogP contribution in [0.5, 0.6) is 0 Å². The number of benzene rings is 3. The van der Waals surface area contributed by atoms with E-state index >= 15 is 0 Å². The van der Waals surface area contributed by atoms with E-state index in [0.29, 0.717) is 6.54 Å². The Kier molecular flexibility index (Phi) is 13.9. The average molecular weight is 574 g/mol. The Balaban J connectivity index is 0. The fraction of sp³-hybridized carbons (Fsp3) is 0.351. The van der Waals surface area contributed by atoms with Crippen LogP contribution in [0.2, 0.25) is 0 Å². The van der Waals surface area contributed by atoms with Gasteiger partial charge in [-0.2, -0.15) is 0 Å². The van der Waals surface area contributed by atoms with Crippen molar-refractivity contribution < 1.29 is 9.07 Å². The first-order chi connectivity index (χ1) is 20.3. The highest BCUT2D eigenvalue weighted by molar-refractivity contribution is 5.94. The predicted molar refractivity (Wildman–Crippen MR) is 186 cm³/mol. The van der Waals surface area contributed by atoms with Crippen molar-refractivity contribution in [1.29, 1.82) is 0 Å². The normalized spacial score (nSPS) is 12.9. The van der Waals surface area contributed by atoms with Crippen LogP contribution in [0.15, 0.2) is 102 Å². The third-order valence-electron chi connectivity index (χ3n) is 6.74. The predicted octanol–water partition coefficient (Wildman–Crippen LogP) is 9.09. The third kappa shape index (κ3) is 10.1. The molecule has 0 unspecified atom stereocenters. The van der Waals surface area contributed by atoms with Gasteiger partial charge in [0.2, 0.25) is 0 Å². The highest BCUT2D eigenvalue weighted by Gasteiger charge is 2.19. The lowest BCUT2D eigenvalue weighted by Gasteiger charge is -2.15. The molecule has 0 spiro atoms. The zero-order chi connectivity index (χ0) is 31.1. The van der Waals surface area contributed by atoms with Crippen LogP contribution in [0.3, 0.4) is 0 Å². The molecule has 1 amide bonds. The van der Waals surface area contributed by atoms with Crippen molar-refractivity contribution in [3.05, 3.63) is 119 Å². The van der Waals surface area contributed by atoms with Crippen LogP contribution in [-0.2, 0) is 6.54 Å². The molecule has 0 saturated heterocycles. The number of nitrogens with two attached hydrogens (primary N) is 1. The highest BCUT2D eigenvalue weighted by Crippen LogP contribution is 2.27. The van der Waals surface area contributed by atoms with Crippen LogP contribution in [0.4, 0.5) is 0 Å². The van der Waals surface area contributed by atoms with E-state index in [1.54, 1.807) is 22.9 Å². The molecule has 3 aromatic carbocycles. The Bertz CT molecular complexity index is 1510. The minimum atomic E-state index is -0.305. The SMILES string of the molecule is CC.CC.CC1(N)C=C1.CCCC[C@@H](C)NC(=O)c1cccn(Cc2ccccc2-c2ccc3ccccc3c2)c1=O.[HH].[HH].[HH]. The maximum Gasteiger partial charge on any atom is 0.263 e. The number of hydrogen-bond donors (Lipinski definition) is 2. The number of pyridine rings is 1. The van der Waals surface area contributed by atoms with Crippen LogP contribution < -0.4 is 16.6 Å². The Hall–Kier alpha value is -3.96. The number of nitrogens with zero attached hydrogens (tertiary/aromatic N) is 1. The minimum Gasteiger partial charge on any atom is -0.349 e. The Morgan fingerprint density at radius 3 is 2.19 bits per heavy atom. The summed E-state index contributed by atoms with van der Waals surface area (Å²) in [5, 5.41) is 5.34. The number of rotatable bonds is 8. The van der Waals surface area contributed by atoms with Gasteiger partial charge < -0.3 is 15.6 Å². The number of aromatic nitrogens is 1. The molecule has 0 fully saturated rings. The van der Waals surface area contributed by atoms with E-state index in [9.17, 15) is 9.59 Å². The van der Waals surface area contributed by atoms with E-state index in [1.807, 2.05) is 84.0 Å². The fourth-order valence-electron chi connectivity index (χ4n) is 4.33. The summed E-state index contributed by atoms with van der Waals surface area (Å²) in [5.41, 5.74) is 8.49. The van der Waals surface area contributed by atoms with Crippen molar-refractivity contribution in [2.45, 2.75) is 85.9 Å². The lowest BCUT2D eigenvalue weighted by Crippen LogP contribution is -2.37. The molecule has 1 aliphatic rings. The molecule has 0 saturated carbocycles. The molecular weight excluding hydrogens is 518 g/mol. The summed E-state index contributed by atoms with van der Waals surface area (Å²) in [6.45, 7) is 14.5. The topological polar surface area (TPSA) is 77.1 Å². The van der Waals surface area contributed by atoms with E-state index in [2.05, 4.69) is 48.6 Å². The van der Waals surface area contributed by atoms with Gasteiger partial charge in [-0.3, -0.25) is 9.59 Å². The van der Waals surface area contributed by atoms with Crippen LogP contribution in [-0.4, -0.2) is 22.1 Å². The summed E-state index contributed by atoms with van der Waals surface area (Å²) in [4.78, 5) is 25.9. The number of carbonyl (C=O) groups excluding carboxylic acids is 1. The molecule has 1 heterocycles. The van der Waals surface area contributed by atoms with Crippen LogP contribution in [0, 0.1) is 0 Å². The highest BCUT2D eigenvalue weighted by atomic mass is 16.2. The first-order valence-corrected chi connectivity index (χ1v) is 15.3. The van der Waals surface area contributed by atoms with Gasteiger partial charge in [-0.05, 0) is 65.9 Å². The first-order valence-electron chi connectivity index (χ1n) is 15.3. The molecule has 1 aliphatic carbocycles. The van der Waals surface area contributed by atoms with E-state index in [4.69, 9.17) is 5.73 Å². The maximum absolute atomic E-state index is 13.1. The third-order valence-corrected chi connectivity index (χ3v) is 6.74. The van der Waals surface area contributed by atoms with E-state index in [1.165, 1.54) is 10.8 Å². The first kappa shape index (κ1) is 34.2. The lowest BCUT2D eigenvalue weighted by molar-refractivity contribution is 0.0936. The van der Waals surface area contributed by atoms with Gasteiger partial charge in [0.1, 0.15) is 5.56 Å². The molecule has 5 nitrogen and oxygen atoms in total. The Morgan fingerprint density at radius 2 is 1.55 bits per heavy atom. The van der Waals surface area contributed by atoms with Crippen molar-refractivity contribution in [3.63, 3.8) is 0 Å². The van der Waals surface area contributed by atoms with Crippen molar-refractivity contribution >= 4 is 16.7 Å². The van der Waals surface area contributed by atoms with Gasteiger partial charge in [-0.25, -0.2) is 0 Å². The van der Waals surface area contributed by atoms with Crippen molar-refractivity contribution in [2.24, 2.45) is 5.73 Å². The van der Waals surface area contributed by atoms with Crippen molar-refractivity contribution in [3.8, 4) is 11.1 Å². The molecule has 0 bridgehead atoms.